The third kappa shape index (κ3) is 1.86. The van der Waals surface area contributed by atoms with Gasteiger partial charge in [0.05, 0.1) is 17.9 Å². The first-order valence-electron chi connectivity index (χ1n) is 8.57. The molecule has 5 rings (SSSR count). The van der Waals surface area contributed by atoms with E-state index in [1.54, 1.807) is 4.68 Å². The molecule has 2 bridgehead atoms. The maximum atomic E-state index is 6.02. The Bertz CT molecular complexity index is 889. The van der Waals surface area contributed by atoms with Crippen molar-refractivity contribution in [3.8, 4) is 5.69 Å². The minimum absolute atomic E-state index is 0.141. The SMILES string of the molecule is NCC12CCC(c3ncc(-n4nnc5ccccc54)cn3)(CC1)C2. The second-order valence-corrected chi connectivity index (χ2v) is 7.42. The van der Waals surface area contributed by atoms with Crippen LogP contribution >= 0.6 is 0 Å². The molecule has 2 saturated carbocycles. The molecule has 2 N–H and O–H groups in total. The summed E-state index contributed by atoms with van der Waals surface area (Å²) in [6, 6.07) is 7.91. The van der Waals surface area contributed by atoms with Crippen molar-refractivity contribution in [2.75, 3.05) is 6.54 Å². The van der Waals surface area contributed by atoms with Gasteiger partial charge in [0.25, 0.3) is 0 Å². The summed E-state index contributed by atoms with van der Waals surface area (Å²) in [7, 11) is 0. The minimum Gasteiger partial charge on any atom is -0.330 e. The van der Waals surface area contributed by atoms with Crippen LogP contribution in [-0.4, -0.2) is 31.5 Å². The zero-order chi connectivity index (χ0) is 16.2. The maximum Gasteiger partial charge on any atom is 0.134 e. The van der Waals surface area contributed by atoms with Gasteiger partial charge in [0.2, 0.25) is 0 Å². The highest BCUT2D eigenvalue weighted by atomic mass is 15.4. The Balaban J connectivity index is 1.50. The molecule has 0 radical (unpaired) electrons. The molecule has 2 heterocycles. The van der Waals surface area contributed by atoms with E-state index in [1.807, 2.05) is 36.7 Å². The van der Waals surface area contributed by atoms with Gasteiger partial charge in [0, 0.05) is 5.41 Å². The van der Waals surface area contributed by atoms with Crippen molar-refractivity contribution in [1.82, 2.24) is 25.0 Å². The van der Waals surface area contributed by atoms with Crippen molar-refractivity contribution in [3.63, 3.8) is 0 Å². The Morgan fingerprint density at radius 2 is 1.79 bits per heavy atom. The highest BCUT2D eigenvalue weighted by molar-refractivity contribution is 5.75. The molecule has 2 fully saturated rings. The molecular weight excluding hydrogens is 300 g/mol. The maximum absolute atomic E-state index is 6.02. The second kappa shape index (κ2) is 4.83. The summed E-state index contributed by atoms with van der Waals surface area (Å²) in [5.74, 6) is 0.975. The van der Waals surface area contributed by atoms with Crippen molar-refractivity contribution in [2.24, 2.45) is 11.1 Å². The fraction of sp³-hybridized carbons (Fsp3) is 0.444. The van der Waals surface area contributed by atoms with E-state index in [1.165, 1.54) is 12.8 Å². The van der Waals surface area contributed by atoms with E-state index in [0.29, 0.717) is 5.41 Å². The predicted molar refractivity (Wildman–Crippen MR) is 90.7 cm³/mol. The van der Waals surface area contributed by atoms with Crippen LogP contribution in [0.5, 0.6) is 0 Å². The number of benzene rings is 1. The number of para-hydroxylation sites is 1. The number of fused-ring (bicyclic) bond motifs is 3. The number of rotatable bonds is 3. The largest absolute Gasteiger partial charge is 0.330 e. The van der Waals surface area contributed by atoms with Crippen LogP contribution in [0.25, 0.3) is 16.7 Å². The molecule has 0 amide bonds. The average molecular weight is 320 g/mol. The first-order valence-corrected chi connectivity index (χ1v) is 8.57. The summed E-state index contributed by atoms with van der Waals surface area (Å²) in [6.45, 7) is 0.789. The van der Waals surface area contributed by atoms with Crippen LogP contribution in [-0.2, 0) is 5.41 Å². The zero-order valence-corrected chi connectivity index (χ0v) is 13.5. The van der Waals surface area contributed by atoms with Gasteiger partial charge in [0.15, 0.2) is 0 Å². The first-order chi connectivity index (χ1) is 11.7. The van der Waals surface area contributed by atoms with Gasteiger partial charge in [-0.25, -0.2) is 14.6 Å². The summed E-state index contributed by atoms with van der Waals surface area (Å²) in [4.78, 5) is 9.44. The number of hydrogen-bond acceptors (Lipinski definition) is 5. The zero-order valence-electron chi connectivity index (χ0n) is 13.5. The Morgan fingerprint density at radius 1 is 1.04 bits per heavy atom. The van der Waals surface area contributed by atoms with Crippen molar-refractivity contribution in [3.05, 3.63) is 42.5 Å². The highest BCUT2D eigenvalue weighted by Gasteiger charge is 2.55. The van der Waals surface area contributed by atoms with Crippen LogP contribution in [0.3, 0.4) is 0 Å². The lowest BCUT2D eigenvalue weighted by Gasteiger charge is -2.25. The standard InChI is InChI=1S/C18H20N6/c19-12-17-5-7-18(11-17,8-6-17)16-20-9-13(10-21-16)24-15-4-2-1-3-14(15)22-23-24/h1-4,9-10H,5-8,11-12,19H2. The van der Waals surface area contributed by atoms with Crippen LogP contribution in [0.15, 0.2) is 36.7 Å². The lowest BCUT2D eigenvalue weighted by atomic mass is 9.81. The molecule has 6 heteroatoms. The molecule has 3 aromatic rings. The molecule has 0 unspecified atom stereocenters. The van der Waals surface area contributed by atoms with Gasteiger partial charge in [-0.3, -0.25) is 0 Å². The highest BCUT2D eigenvalue weighted by Crippen LogP contribution is 2.61. The third-order valence-electron chi connectivity index (χ3n) is 6.12. The Labute approximate surface area is 140 Å². The van der Waals surface area contributed by atoms with E-state index in [4.69, 9.17) is 15.7 Å². The quantitative estimate of drug-likeness (QED) is 0.801. The summed E-state index contributed by atoms with van der Waals surface area (Å²) in [5.41, 5.74) is 9.20. The molecule has 0 saturated heterocycles. The minimum atomic E-state index is 0.141. The summed E-state index contributed by atoms with van der Waals surface area (Å²) >= 11 is 0. The fourth-order valence-corrected chi connectivity index (χ4v) is 4.67. The molecule has 0 spiro atoms. The number of nitrogens with two attached hydrogens (primary N) is 1. The van der Waals surface area contributed by atoms with Crippen molar-refractivity contribution >= 4 is 11.0 Å². The summed E-state index contributed by atoms with van der Waals surface area (Å²) in [5, 5.41) is 8.43. The van der Waals surface area contributed by atoms with Crippen molar-refractivity contribution in [2.45, 2.75) is 37.5 Å². The van der Waals surface area contributed by atoms with E-state index in [0.717, 1.165) is 48.4 Å². The Morgan fingerprint density at radius 3 is 2.50 bits per heavy atom. The van der Waals surface area contributed by atoms with Gasteiger partial charge in [-0.2, -0.15) is 0 Å². The van der Waals surface area contributed by atoms with E-state index in [-0.39, 0.29) is 5.41 Å². The van der Waals surface area contributed by atoms with Gasteiger partial charge in [0.1, 0.15) is 17.0 Å². The molecule has 1 aromatic carbocycles. The molecule has 0 aliphatic heterocycles. The molecule has 0 atom stereocenters. The first kappa shape index (κ1) is 14.0. The van der Waals surface area contributed by atoms with Gasteiger partial charge in [-0.1, -0.05) is 17.3 Å². The van der Waals surface area contributed by atoms with E-state index in [9.17, 15) is 0 Å². The molecule has 122 valence electrons. The van der Waals surface area contributed by atoms with Crippen molar-refractivity contribution in [1.29, 1.82) is 0 Å². The summed E-state index contributed by atoms with van der Waals surface area (Å²) in [6.07, 6.45) is 9.64. The van der Waals surface area contributed by atoms with Crippen LogP contribution in [0.1, 0.15) is 37.9 Å². The average Bonchev–Trinajstić information content (AvgIpc) is 3.34. The van der Waals surface area contributed by atoms with Gasteiger partial charge < -0.3 is 5.73 Å². The smallest absolute Gasteiger partial charge is 0.134 e. The molecule has 2 aliphatic rings. The van der Waals surface area contributed by atoms with Gasteiger partial charge >= 0.3 is 0 Å². The van der Waals surface area contributed by atoms with Crippen LogP contribution < -0.4 is 5.73 Å². The Hall–Kier alpha value is -2.34. The lowest BCUT2D eigenvalue weighted by Crippen LogP contribution is -2.25. The normalized spacial score (nSPS) is 28.7. The monoisotopic (exact) mass is 320 g/mol. The van der Waals surface area contributed by atoms with Crippen LogP contribution in [0.4, 0.5) is 0 Å². The molecular formula is C18H20N6. The number of nitrogens with zero attached hydrogens (tertiary/aromatic N) is 5. The van der Waals surface area contributed by atoms with Crippen LogP contribution in [0, 0.1) is 5.41 Å². The van der Waals surface area contributed by atoms with E-state index in [2.05, 4.69) is 10.3 Å². The Kier molecular flexibility index (Phi) is 2.83. The molecule has 6 nitrogen and oxygen atoms in total. The molecule has 24 heavy (non-hydrogen) atoms. The number of aromatic nitrogens is 5. The third-order valence-corrected chi connectivity index (χ3v) is 6.12. The second-order valence-electron chi connectivity index (χ2n) is 7.42. The molecule has 2 aromatic heterocycles. The fourth-order valence-electron chi connectivity index (χ4n) is 4.67. The van der Waals surface area contributed by atoms with E-state index >= 15 is 0 Å². The predicted octanol–water partition coefficient (Wildman–Crippen LogP) is 2.37. The van der Waals surface area contributed by atoms with E-state index < -0.39 is 0 Å². The van der Waals surface area contributed by atoms with Gasteiger partial charge in [-0.15, -0.1) is 5.10 Å². The lowest BCUT2D eigenvalue weighted by molar-refractivity contribution is 0.303. The number of hydrogen-bond donors (Lipinski definition) is 1. The summed E-state index contributed by atoms with van der Waals surface area (Å²) < 4.78 is 1.80. The van der Waals surface area contributed by atoms with Crippen molar-refractivity contribution < 1.29 is 0 Å². The van der Waals surface area contributed by atoms with Gasteiger partial charge in [-0.05, 0) is 56.2 Å². The van der Waals surface area contributed by atoms with Crippen LogP contribution in [0.2, 0.25) is 0 Å². The topological polar surface area (TPSA) is 82.5 Å². The molecule has 2 aliphatic carbocycles.